The van der Waals surface area contributed by atoms with Gasteiger partial charge in [0.05, 0.1) is 12.3 Å². The summed E-state index contributed by atoms with van der Waals surface area (Å²) in [7, 11) is 3.62. The third-order valence-electron chi connectivity index (χ3n) is 2.59. The van der Waals surface area contributed by atoms with Crippen molar-refractivity contribution in [2.24, 2.45) is 5.10 Å². The Morgan fingerprint density at radius 1 is 1.29 bits per heavy atom. The Hall–Kier alpha value is -3.24. The lowest BCUT2D eigenvalue weighted by atomic mass is 10.4. The zero-order chi connectivity index (χ0) is 17.7. The molecular weight excluding hydrogens is 316 g/mol. The van der Waals surface area contributed by atoms with E-state index in [1.54, 1.807) is 4.90 Å². The molecule has 2 aromatic rings. The summed E-state index contributed by atoms with van der Waals surface area (Å²) in [4.78, 5) is 24.3. The summed E-state index contributed by atoms with van der Waals surface area (Å²) in [5.74, 6) is 0.982. The van der Waals surface area contributed by atoms with Gasteiger partial charge < -0.3 is 14.6 Å². The Labute approximate surface area is 138 Å². The number of nitrogens with one attached hydrogen (secondary N) is 2. The van der Waals surface area contributed by atoms with Crippen LogP contribution < -0.4 is 15.6 Å². The van der Waals surface area contributed by atoms with Crippen molar-refractivity contribution >= 4 is 29.9 Å². The molecule has 128 valence electrons. The van der Waals surface area contributed by atoms with Gasteiger partial charge in [-0.15, -0.1) is 0 Å². The number of nitro groups is 1. The second-order valence-electron chi connectivity index (χ2n) is 5.28. The van der Waals surface area contributed by atoms with Gasteiger partial charge >= 0.3 is 5.88 Å². The van der Waals surface area contributed by atoms with Gasteiger partial charge in [0.2, 0.25) is 17.8 Å². The molecule has 24 heavy (non-hydrogen) atoms. The molecule has 0 aliphatic rings. The van der Waals surface area contributed by atoms with Crippen LogP contribution in [0.5, 0.6) is 0 Å². The number of rotatable bonds is 7. The second-order valence-corrected chi connectivity index (χ2v) is 5.28. The van der Waals surface area contributed by atoms with Crippen LogP contribution in [0.4, 0.5) is 23.7 Å². The minimum absolute atomic E-state index is 0.155. The Bertz CT molecular complexity index is 741. The third-order valence-corrected chi connectivity index (χ3v) is 2.59. The van der Waals surface area contributed by atoms with Crippen molar-refractivity contribution in [3.63, 3.8) is 0 Å². The maximum absolute atomic E-state index is 10.5. The first kappa shape index (κ1) is 17.1. The predicted octanol–water partition coefficient (Wildman–Crippen LogP) is 1.71. The summed E-state index contributed by atoms with van der Waals surface area (Å²) in [5.41, 5.74) is 2.65. The zero-order valence-electron chi connectivity index (χ0n) is 13.7. The predicted molar refractivity (Wildman–Crippen MR) is 89.5 cm³/mol. The quantitative estimate of drug-likeness (QED) is 0.440. The molecule has 11 nitrogen and oxygen atoms in total. The van der Waals surface area contributed by atoms with Gasteiger partial charge in [0, 0.05) is 20.1 Å². The lowest BCUT2D eigenvalue weighted by Crippen LogP contribution is -2.18. The number of hydrazone groups is 1. The van der Waals surface area contributed by atoms with Gasteiger partial charge in [0.25, 0.3) is 0 Å². The second kappa shape index (κ2) is 7.35. The smallest absolute Gasteiger partial charge is 0.400 e. The van der Waals surface area contributed by atoms with Crippen molar-refractivity contribution in [3.8, 4) is 0 Å². The highest BCUT2D eigenvalue weighted by molar-refractivity contribution is 5.76. The number of aromatic nitrogens is 3. The summed E-state index contributed by atoms with van der Waals surface area (Å²) in [6.07, 6.45) is 1.29. The van der Waals surface area contributed by atoms with Gasteiger partial charge in [-0.2, -0.15) is 20.1 Å². The van der Waals surface area contributed by atoms with Crippen LogP contribution in [-0.2, 0) is 0 Å². The molecule has 0 spiro atoms. The molecule has 0 aliphatic heterocycles. The third kappa shape index (κ3) is 4.63. The standard InChI is InChI=1S/C13H18N8O3/c1-8(2)15-11-16-12(18-13(17-11)20(3)4)19-14-7-9-5-6-10(24-9)21(22)23/h5-8H,1-4H3,(H2,15,16,17,18,19)/b14-7+. The van der Waals surface area contributed by atoms with Gasteiger partial charge in [-0.3, -0.25) is 10.1 Å². The van der Waals surface area contributed by atoms with E-state index in [0.29, 0.717) is 11.9 Å². The molecular formula is C13H18N8O3. The van der Waals surface area contributed by atoms with E-state index in [1.807, 2.05) is 27.9 Å². The van der Waals surface area contributed by atoms with Gasteiger partial charge in [-0.1, -0.05) is 0 Å². The van der Waals surface area contributed by atoms with E-state index in [0.717, 1.165) is 0 Å². The van der Waals surface area contributed by atoms with E-state index < -0.39 is 4.92 Å². The van der Waals surface area contributed by atoms with Crippen LogP contribution in [0.25, 0.3) is 0 Å². The number of anilines is 3. The Morgan fingerprint density at radius 3 is 2.58 bits per heavy atom. The highest BCUT2D eigenvalue weighted by Crippen LogP contribution is 2.14. The lowest BCUT2D eigenvalue weighted by molar-refractivity contribution is -0.402. The molecule has 0 bridgehead atoms. The molecule has 11 heteroatoms. The SMILES string of the molecule is CC(C)Nc1nc(N/N=C/c2ccc([N+](=O)[O-])o2)nc(N(C)C)n1. The molecule has 0 aromatic carbocycles. The van der Waals surface area contributed by atoms with Crippen molar-refractivity contribution < 1.29 is 9.34 Å². The normalized spacial score (nSPS) is 11.0. The van der Waals surface area contributed by atoms with Crippen molar-refractivity contribution in [2.75, 3.05) is 29.7 Å². The van der Waals surface area contributed by atoms with Crippen LogP contribution in [-0.4, -0.2) is 46.2 Å². The fraction of sp³-hybridized carbons (Fsp3) is 0.385. The first-order valence-corrected chi connectivity index (χ1v) is 7.08. The monoisotopic (exact) mass is 334 g/mol. The van der Waals surface area contributed by atoms with Gasteiger partial charge in [0.1, 0.15) is 4.92 Å². The van der Waals surface area contributed by atoms with Crippen molar-refractivity contribution in [1.29, 1.82) is 0 Å². The minimum Gasteiger partial charge on any atom is -0.400 e. The van der Waals surface area contributed by atoms with Gasteiger partial charge in [-0.25, -0.2) is 5.43 Å². The van der Waals surface area contributed by atoms with E-state index in [9.17, 15) is 10.1 Å². The first-order chi connectivity index (χ1) is 11.3. The molecule has 0 radical (unpaired) electrons. The molecule has 2 rings (SSSR count). The zero-order valence-corrected chi connectivity index (χ0v) is 13.7. The Kier molecular flexibility index (Phi) is 5.24. The molecule has 0 unspecified atom stereocenters. The van der Waals surface area contributed by atoms with Crippen LogP contribution in [0.15, 0.2) is 21.7 Å². The van der Waals surface area contributed by atoms with E-state index in [2.05, 4.69) is 30.8 Å². The molecule has 0 saturated heterocycles. The Morgan fingerprint density at radius 2 is 2.00 bits per heavy atom. The molecule has 2 heterocycles. The number of hydrogen-bond acceptors (Lipinski definition) is 10. The van der Waals surface area contributed by atoms with E-state index in [-0.39, 0.29) is 23.6 Å². The van der Waals surface area contributed by atoms with Crippen LogP contribution >= 0.6 is 0 Å². The summed E-state index contributed by atoms with van der Waals surface area (Å²) in [5, 5.41) is 17.6. The topological polar surface area (TPSA) is 135 Å². The number of nitrogens with zero attached hydrogens (tertiary/aromatic N) is 6. The van der Waals surface area contributed by atoms with Crippen LogP contribution in [0.1, 0.15) is 19.6 Å². The molecule has 2 aromatic heterocycles. The Balaban J connectivity index is 2.13. The van der Waals surface area contributed by atoms with Gasteiger partial charge in [0.15, 0.2) is 5.76 Å². The molecule has 0 fully saturated rings. The maximum atomic E-state index is 10.5. The summed E-state index contributed by atoms with van der Waals surface area (Å²) in [6, 6.07) is 2.84. The van der Waals surface area contributed by atoms with E-state index in [1.165, 1.54) is 18.3 Å². The van der Waals surface area contributed by atoms with E-state index in [4.69, 9.17) is 4.42 Å². The van der Waals surface area contributed by atoms with Crippen molar-refractivity contribution in [1.82, 2.24) is 15.0 Å². The first-order valence-electron chi connectivity index (χ1n) is 7.08. The summed E-state index contributed by atoms with van der Waals surface area (Å²) < 4.78 is 4.96. The van der Waals surface area contributed by atoms with Crippen LogP contribution in [0.2, 0.25) is 0 Å². The average Bonchev–Trinajstić information content (AvgIpc) is 2.95. The molecule has 2 N–H and O–H groups in total. The van der Waals surface area contributed by atoms with Crippen LogP contribution in [0.3, 0.4) is 0 Å². The number of furan rings is 1. The molecule has 0 saturated carbocycles. The highest BCUT2D eigenvalue weighted by atomic mass is 16.6. The molecule has 0 amide bonds. The van der Waals surface area contributed by atoms with Crippen molar-refractivity contribution in [3.05, 3.63) is 28.0 Å². The lowest BCUT2D eigenvalue weighted by Gasteiger charge is -2.14. The fourth-order valence-electron chi connectivity index (χ4n) is 1.60. The molecule has 0 atom stereocenters. The fourth-order valence-corrected chi connectivity index (χ4v) is 1.60. The maximum Gasteiger partial charge on any atom is 0.433 e. The van der Waals surface area contributed by atoms with E-state index >= 15 is 0 Å². The summed E-state index contributed by atoms with van der Waals surface area (Å²) in [6.45, 7) is 3.93. The minimum atomic E-state index is -0.621. The van der Waals surface area contributed by atoms with Crippen LogP contribution in [0, 0.1) is 10.1 Å². The average molecular weight is 334 g/mol. The van der Waals surface area contributed by atoms with Gasteiger partial charge in [-0.05, 0) is 19.9 Å². The summed E-state index contributed by atoms with van der Waals surface area (Å²) >= 11 is 0. The number of hydrogen-bond donors (Lipinski definition) is 2. The van der Waals surface area contributed by atoms with Crippen molar-refractivity contribution in [2.45, 2.75) is 19.9 Å². The largest absolute Gasteiger partial charge is 0.433 e. The molecule has 0 aliphatic carbocycles. The highest BCUT2D eigenvalue weighted by Gasteiger charge is 2.11.